The van der Waals surface area contributed by atoms with Crippen molar-refractivity contribution < 1.29 is 0 Å². The second kappa shape index (κ2) is 7.83. The normalized spacial score (nSPS) is 13.3. The second-order valence-corrected chi connectivity index (χ2v) is 9.47. The molecule has 0 N–H and O–H groups in total. The smallest absolute Gasteiger partial charge is 0.0355 e. The first-order chi connectivity index (χ1) is 15.4. The van der Waals surface area contributed by atoms with Crippen molar-refractivity contribution in [2.75, 3.05) is 0 Å². The fourth-order valence-corrected chi connectivity index (χ4v) is 6.12. The minimum Gasteiger partial charge on any atom is -0.135 e. The van der Waals surface area contributed by atoms with Crippen LogP contribution in [-0.4, -0.2) is 0 Å². The van der Waals surface area contributed by atoms with E-state index in [-0.39, 0.29) is 0 Å². The molecule has 1 aliphatic carbocycles. The molecule has 0 bridgehead atoms. The molecule has 1 aliphatic rings. The van der Waals surface area contributed by atoms with Crippen molar-refractivity contribution in [3.05, 3.63) is 108 Å². The van der Waals surface area contributed by atoms with Crippen LogP contribution in [0.25, 0.3) is 41.7 Å². The molecule has 1 heterocycles. The summed E-state index contributed by atoms with van der Waals surface area (Å²) in [5, 5.41) is 8.40. The standard InChI is InChI=1S/C18H16.C12H8S/c1-3-7-15-13(5-1)9-11-18-16-8-4-2-6-14(16)10-12-17(15)18;1-3-7-11-9(5-1)10-6-2-4-8-12(10)13-11/h1,3,5,7,9-12H,2,4,6,8H2;1-8H. The fraction of sp³-hybridized carbons (Fsp3) is 0.133. The number of aryl methyl sites for hydroxylation is 2. The maximum Gasteiger partial charge on any atom is 0.0355 e. The molecule has 1 aromatic heterocycles. The largest absolute Gasteiger partial charge is 0.135 e. The molecule has 0 aliphatic heterocycles. The fourth-order valence-electron chi connectivity index (χ4n) is 5.02. The summed E-state index contributed by atoms with van der Waals surface area (Å²) in [5.41, 5.74) is 3.17. The molecule has 0 radical (unpaired) electrons. The van der Waals surface area contributed by atoms with Gasteiger partial charge in [-0.2, -0.15) is 0 Å². The lowest BCUT2D eigenvalue weighted by atomic mass is 9.86. The molecule has 150 valence electrons. The van der Waals surface area contributed by atoms with Gasteiger partial charge in [-0.15, -0.1) is 11.3 Å². The van der Waals surface area contributed by atoms with Gasteiger partial charge in [0.1, 0.15) is 0 Å². The molecular formula is C30H24S. The van der Waals surface area contributed by atoms with Crippen LogP contribution in [-0.2, 0) is 12.8 Å². The maximum absolute atomic E-state index is 2.35. The van der Waals surface area contributed by atoms with Crippen molar-refractivity contribution in [1.29, 1.82) is 0 Å². The number of benzene rings is 5. The molecular weight excluding hydrogens is 392 g/mol. The highest BCUT2D eigenvalue weighted by molar-refractivity contribution is 7.25. The van der Waals surface area contributed by atoms with Gasteiger partial charge in [-0.05, 0) is 70.5 Å². The van der Waals surface area contributed by atoms with Crippen LogP contribution in [0.3, 0.4) is 0 Å². The van der Waals surface area contributed by atoms with Crippen LogP contribution in [0.5, 0.6) is 0 Å². The van der Waals surface area contributed by atoms with Crippen LogP contribution >= 0.6 is 11.3 Å². The summed E-state index contributed by atoms with van der Waals surface area (Å²) in [7, 11) is 0. The first-order valence-electron chi connectivity index (χ1n) is 11.2. The Morgan fingerprint density at radius 2 is 1.06 bits per heavy atom. The molecule has 0 saturated carbocycles. The van der Waals surface area contributed by atoms with Gasteiger partial charge in [0.2, 0.25) is 0 Å². The second-order valence-electron chi connectivity index (χ2n) is 8.39. The van der Waals surface area contributed by atoms with Crippen LogP contribution in [0, 0.1) is 0 Å². The van der Waals surface area contributed by atoms with E-state index in [0.717, 1.165) is 0 Å². The predicted octanol–water partition coefficient (Wildman–Crippen LogP) is 8.93. The van der Waals surface area contributed by atoms with Crippen molar-refractivity contribution in [3.63, 3.8) is 0 Å². The minimum absolute atomic E-state index is 1.25. The van der Waals surface area contributed by atoms with E-state index in [1.807, 2.05) is 11.3 Å². The third-order valence-electron chi connectivity index (χ3n) is 6.54. The van der Waals surface area contributed by atoms with Crippen LogP contribution in [0.15, 0.2) is 97.1 Å². The molecule has 0 nitrogen and oxygen atoms in total. The molecule has 31 heavy (non-hydrogen) atoms. The lowest BCUT2D eigenvalue weighted by Gasteiger charge is -2.18. The molecule has 0 fully saturated rings. The van der Waals surface area contributed by atoms with Gasteiger partial charge in [-0.3, -0.25) is 0 Å². The Morgan fingerprint density at radius 3 is 1.84 bits per heavy atom. The van der Waals surface area contributed by atoms with E-state index in [1.165, 1.54) is 67.4 Å². The Kier molecular flexibility index (Phi) is 4.70. The van der Waals surface area contributed by atoms with Gasteiger partial charge in [0.15, 0.2) is 0 Å². The molecule has 5 aromatic carbocycles. The van der Waals surface area contributed by atoms with Crippen LogP contribution in [0.1, 0.15) is 24.0 Å². The minimum atomic E-state index is 1.25. The Balaban J connectivity index is 0.000000126. The van der Waals surface area contributed by atoms with Gasteiger partial charge in [0.25, 0.3) is 0 Å². The average Bonchev–Trinajstić information content (AvgIpc) is 3.23. The Morgan fingerprint density at radius 1 is 0.452 bits per heavy atom. The third kappa shape index (κ3) is 3.30. The molecule has 0 unspecified atom stereocenters. The lowest BCUT2D eigenvalue weighted by molar-refractivity contribution is 0.690. The monoisotopic (exact) mass is 416 g/mol. The van der Waals surface area contributed by atoms with Crippen molar-refractivity contribution in [2.24, 2.45) is 0 Å². The summed E-state index contributed by atoms with van der Waals surface area (Å²) in [4.78, 5) is 0. The highest BCUT2D eigenvalue weighted by Crippen LogP contribution is 2.34. The number of hydrogen-bond acceptors (Lipinski definition) is 1. The Bertz CT molecular complexity index is 1490. The van der Waals surface area contributed by atoms with Gasteiger partial charge in [-0.1, -0.05) is 84.9 Å². The molecule has 0 amide bonds. The zero-order chi connectivity index (χ0) is 20.6. The van der Waals surface area contributed by atoms with Crippen LogP contribution in [0.2, 0.25) is 0 Å². The van der Waals surface area contributed by atoms with E-state index < -0.39 is 0 Å². The van der Waals surface area contributed by atoms with Gasteiger partial charge >= 0.3 is 0 Å². The highest BCUT2D eigenvalue weighted by atomic mass is 32.1. The van der Waals surface area contributed by atoms with Gasteiger partial charge in [-0.25, -0.2) is 0 Å². The zero-order valence-electron chi connectivity index (χ0n) is 17.5. The number of fused-ring (bicyclic) bond motifs is 8. The van der Waals surface area contributed by atoms with E-state index in [1.54, 1.807) is 11.1 Å². The van der Waals surface area contributed by atoms with E-state index in [0.29, 0.717) is 0 Å². The van der Waals surface area contributed by atoms with Crippen molar-refractivity contribution in [1.82, 2.24) is 0 Å². The van der Waals surface area contributed by atoms with Gasteiger partial charge in [0.05, 0.1) is 0 Å². The Hall–Kier alpha value is -3.16. The zero-order valence-corrected chi connectivity index (χ0v) is 18.3. The highest BCUT2D eigenvalue weighted by Gasteiger charge is 2.13. The van der Waals surface area contributed by atoms with Gasteiger partial charge in [0, 0.05) is 20.2 Å². The topological polar surface area (TPSA) is 0 Å². The molecule has 0 atom stereocenters. The summed E-state index contributed by atoms with van der Waals surface area (Å²) in [6.45, 7) is 0. The number of thiophene rings is 1. The van der Waals surface area contributed by atoms with Crippen molar-refractivity contribution in [3.8, 4) is 0 Å². The Labute approximate surface area is 186 Å². The first-order valence-corrected chi connectivity index (χ1v) is 12.0. The summed E-state index contributed by atoms with van der Waals surface area (Å²) in [6, 6.07) is 35.1. The predicted molar refractivity (Wildman–Crippen MR) is 137 cm³/mol. The number of rotatable bonds is 0. The maximum atomic E-state index is 2.35. The quantitative estimate of drug-likeness (QED) is 0.217. The van der Waals surface area contributed by atoms with Crippen LogP contribution in [0.4, 0.5) is 0 Å². The first kappa shape index (κ1) is 18.6. The molecule has 1 heteroatoms. The summed E-state index contributed by atoms with van der Waals surface area (Å²) < 4.78 is 2.76. The molecule has 0 saturated heterocycles. The summed E-state index contributed by atoms with van der Waals surface area (Å²) >= 11 is 1.86. The summed E-state index contributed by atoms with van der Waals surface area (Å²) in [6.07, 6.45) is 5.22. The molecule has 7 rings (SSSR count). The van der Waals surface area contributed by atoms with Crippen molar-refractivity contribution in [2.45, 2.75) is 25.7 Å². The van der Waals surface area contributed by atoms with Gasteiger partial charge < -0.3 is 0 Å². The average molecular weight is 417 g/mol. The molecule has 6 aromatic rings. The van der Waals surface area contributed by atoms with E-state index in [4.69, 9.17) is 0 Å². The number of hydrogen-bond donors (Lipinski definition) is 0. The summed E-state index contributed by atoms with van der Waals surface area (Å²) in [5.74, 6) is 0. The lowest BCUT2D eigenvalue weighted by Crippen LogP contribution is -2.02. The van der Waals surface area contributed by atoms with E-state index in [9.17, 15) is 0 Å². The van der Waals surface area contributed by atoms with E-state index >= 15 is 0 Å². The SMILES string of the molecule is c1ccc2c(c1)ccc1c3c(ccc12)CCCC3.c1ccc2c(c1)sc1ccccc12. The van der Waals surface area contributed by atoms with E-state index in [2.05, 4.69) is 97.1 Å². The van der Waals surface area contributed by atoms with Crippen LogP contribution < -0.4 is 0 Å². The van der Waals surface area contributed by atoms with Crippen molar-refractivity contribution >= 4 is 53.1 Å². The third-order valence-corrected chi connectivity index (χ3v) is 7.69. The molecule has 0 spiro atoms.